The number of thioether (sulfide) groups is 1. The van der Waals surface area contributed by atoms with Crippen LogP contribution in [0.3, 0.4) is 0 Å². The van der Waals surface area contributed by atoms with Gasteiger partial charge in [-0.1, -0.05) is 109 Å². The Morgan fingerprint density at radius 1 is 0.414 bits per heavy atom. The van der Waals surface area contributed by atoms with Crippen LogP contribution < -0.4 is 85.5 Å². The highest BCUT2D eigenvalue weighted by Gasteiger charge is 2.44. The second kappa shape index (κ2) is 56.7. The van der Waals surface area contributed by atoms with Crippen molar-refractivity contribution in [2.24, 2.45) is 29.4 Å². The molecule has 0 radical (unpaired) electrons. The van der Waals surface area contributed by atoms with Crippen molar-refractivity contribution in [2.45, 2.75) is 230 Å². The van der Waals surface area contributed by atoms with Crippen LogP contribution in [0.15, 0.2) is 78.9 Å². The average molecular weight is 1890 g/mol. The predicted octanol–water partition coefficient (Wildman–Crippen LogP) is -6.16. The summed E-state index contributed by atoms with van der Waals surface area (Å²) >= 11 is 0.796. The average Bonchev–Trinajstić information content (AvgIpc) is 1.66. The summed E-state index contributed by atoms with van der Waals surface area (Å²) in [6, 6.07) is -4.41. The molecule has 0 bridgehead atoms. The fourth-order valence-corrected chi connectivity index (χ4v) is 14.0. The Morgan fingerprint density at radius 2 is 0.805 bits per heavy atom. The minimum Gasteiger partial charge on any atom is -0.508 e. The van der Waals surface area contributed by atoms with Gasteiger partial charge in [0, 0.05) is 56.7 Å². The van der Waals surface area contributed by atoms with Crippen LogP contribution >= 0.6 is 11.8 Å². The Hall–Kier alpha value is -13.0. The molecule has 1 heterocycles. The third-order valence-electron chi connectivity index (χ3n) is 21.3. The number of nitrogens with two attached hydrogens (primary N) is 1. The van der Waals surface area contributed by atoms with Crippen molar-refractivity contribution < 1.29 is 142 Å². The maximum atomic E-state index is 14.7. The summed E-state index contributed by atoms with van der Waals surface area (Å²) in [7, 11) is 0. The first-order valence-electron chi connectivity index (χ1n) is 43.1. The molecule has 0 aromatic heterocycles. The molecule has 0 saturated carbocycles. The molecule has 0 spiro atoms. The number of carbonyl (C=O) groups excluding carboxylic acids is 17. The fraction of sp³-hybridized carbons (Fsp3) is 0.558. The van der Waals surface area contributed by atoms with Gasteiger partial charge in [-0.2, -0.15) is 0 Å². The van der Waals surface area contributed by atoms with Crippen molar-refractivity contribution in [1.29, 1.82) is 0 Å². The van der Waals surface area contributed by atoms with E-state index < -0.39 is 279 Å². The van der Waals surface area contributed by atoms with Crippen LogP contribution in [-0.2, 0) is 115 Å². The lowest BCUT2D eigenvalue weighted by Crippen LogP contribution is -2.63. The van der Waals surface area contributed by atoms with Crippen LogP contribution in [0.2, 0.25) is 0 Å². The minimum absolute atomic E-state index is 0.0722. The maximum Gasteiger partial charge on any atom is 0.305 e. The van der Waals surface area contributed by atoms with Crippen LogP contribution in [0.4, 0.5) is 0 Å². The third kappa shape index (κ3) is 39.1. The molecule has 734 valence electrons. The van der Waals surface area contributed by atoms with Gasteiger partial charge in [0.1, 0.15) is 84.0 Å². The number of phenols is 2. The Morgan fingerprint density at radius 3 is 1.26 bits per heavy atom. The lowest BCUT2D eigenvalue weighted by molar-refractivity contribution is -0.142. The maximum absolute atomic E-state index is 14.7. The SMILES string of the molecule is CC[C@H](C)[C@H](NC(=O)[C@H](CO)NC(=O)[C@H](Cc1ccc(O)cc1)NC(=O)[C@H](CC(=O)O)NC(=O)[C@H](CO)NC(=O)[C@@H](NC(=O)[C@H](Cc1ccccc1)NC(=O)[C@@H](NC(=O)CNC(=O)[C@H](CCC(=O)O)NC(=O)CSCC(=O)NCCN1C(=O)[C@@H](C)[C@H](C)C1=O)[C@@H](C)O)[C@@H](C)O)C(=O)N[C@@H](Cc1ccc(O)cc1)C(=O)N[C@@H](CC(C)C)C(=O)N[C@@H](CC(=O)O)C(=O)N[C@H](C)CCCCN. The number of phenolic OH excluding ortho intramolecular Hbond substituents is 2. The van der Waals surface area contributed by atoms with E-state index in [0.29, 0.717) is 36.9 Å². The van der Waals surface area contributed by atoms with Gasteiger partial charge in [-0.3, -0.25) is 101 Å². The Balaban J connectivity index is 1.52. The normalized spacial score (nSPS) is 16.5. The Labute approximate surface area is 770 Å². The van der Waals surface area contributed by atoms with Crippen molar-refractivity contribution in [3.63, 3.8) is 0 Å². The second-order valence-electron chi connectivity index (χ2n) is 32.7. The topological polar surface area (TPSA) is 733 Å². The molecular weight excluding hydrogens is 1770 g/mol. The zero-order valence-corrected chi connectivity index (χ0v) is 76.1. The van der Waals surface area contributed by atoms with Crippen LogP contribution in [-0.4, -0.2) is 311 Å². The van der Waals surface area contributed by atoms with E-state index in [1.54, 1.807) is 59.7 Å². The molecule has 18 atom stereocenters. The first-order chi connectivity index (χ1) is 62.7. The highest BCUT2D eigenvalue weighted by atomic mass is 32.2. The number of amides is 17. The second-order valence-corrected chi connectivity index (χ2v) is 33.7. The molecule has 1 fully saturated rings. The van der Waals surface area contributed by atoms with Gasteiger partial charge in [-0.15, -0.1) is 11.8 Å². The molecule has 46 nitrogen and oxygen atoms in total. The molecule has 133 heavy (non-hydrogen) atoms. The predicted molar refractivity (Wildman–Crippen MR) is 474 cm³/mol. The Kier molecular flexibility index (Phi) is 47.9. The van der Waals surface area contributed by atoms with Crippen molar-refractivity contribution >= 4 is 130 Å². The number of rotatable bonds is 59. The standard InChI is InChI=1S/C86H125N17O29S/c1-10-44(4)70(82(128)96-58(35-52-21-25-54(109)26-22-52)76(122)92-56(32-43(2)3)75(121)94-60(36-68(115)116)74(120)90-45(5)16-14-15-29-87)101-81(127)63(40-105)98-77(123)57(34-51-19-23-53(108)24-20-51)93-78(124)61(37-69(117)118)95-80(126)62(39-104)99-84(130)72(49(9)107)102-79(125)59(33-50-17-12-11-13-18-50)97-83(129)71(48(8)106)100-64(110)38-89-73(119)55(27-28-67(113)114)91-66(112)42-133-41-65(111)88-30-31-103-85(131)46(6)47(7)86(103)132/h11-13,17-26,43-49,55-63,70-72,104-109H,10,14-16,27-42,87H2,1-9H3,(H,88,111)(H,89,119)(H,90,120)(H,91,112)(H,92,122)(H,93,124)(H,94,121)(H,95,126)(H,96,128)(H,97,129)(H,98,123)(H,99,130)(H,100,110)(H,101,127)(H,102,125)(H,113,114)(H,115,116)(H,117,118)/t44-,45+,46-,47-,48+,49+,55-,56-,57-,58-,59-,60-,61-,62-,63-,70-,71-,72-/m0/s1. The number of aliphatic carboxylic acids is 3. The lowest BCUT2D eigenvalue weighted by Gasteiger charge is -2.30. The molecule has 3 aromatic carbocycles. The summed E-state index contributed by atoms with van der Waals surface area (Å²) in [6.45, 7) is 10.2. The van der Waals surface area contributed by atoms with Gasteiger partial charge in [0.25, 0.3) is 0 Å². The van der Waals surface area contributed by atoms with Crippen molar-refractivity contribution in [3.8, 4) is 11.5 Å². The number of nitrogens with zero attached hydrogens (tertiary/aromatic N) is 1. The number of carboxylic acids is 3. The highest BCUT2D eigenvalue weighted by molar-refractivity contribution is 8.00. The molecule has 3 aromatic rings. The molecule has 1 saturated heterocycles. The number of aliphatic hydroxyl groups excluding tert-OH is 4. The lowest BCUT2D eigenvalue weighted by atomic mass is 9.96. The van der Waals surface area contributed by atoms with Crippen molar-refractivity contribution in [3.05, 3.63) is 95.6 Å². The quantitative estimate of drug-likeness (QED) is 0.0185. The molecule has 17 amide bonds. The van der Waals surface area contributed by atoms with E-state index in [1.807, 2.05) is 0 Å². The first kappa shape index (κ1) is 112. The van der Waals surface area contributed by atoms with E-state index in [9.17, 15) is 142 Å². The van der Waals surface area contributed by atoms with Gasteiger partial charge in [-0.25, -0.2) is 0 Å². The van der Waals surface area contributed by atoms with Gasteiger partial charge >= 0.3 is 17.9 Å². The van der Waals surface area contributed by atoms with Gasteiger partial charge < -0.3 is 131 Å². The number of aliphatic hydroxyl groups is 4. The smallest absolute Gasteiger partial charge is 0.305 e. The number of carbonyl (C=O) groups is 20. The van der Waals surface area contributed by atoms with Gasteiger partial charge in [-0.05, 0) is 106 Å². The van der Waals surface area contributed by atoms with E-state index in [1.165, 1.54) is 67.6 Å². The van der Waals surface area contributed by atoms with E-state index in [2.05, 4.69) is 79.8 Å². The van der Waals surface area contributed by atoms with Gasteiger partial charge in [0.15, 0.2) is 0 Å². The van der Waals surface area contributed by atoms with Crippen LogP contribution in [0.1, 0.15) is 137 Å². The van der Waals surface area contributed by atoms with Crippen molar-refractivity contribution in [1.82, 2.24) is 84.7 Å². The monoisotopic (exact) mass is 1890 g/mol. The molecule has 4 rings (SSSR count). The summed E-state index contributed by atoms with van der Waals surface area (Å²) in [5.41, 5.74) is 6.48. The molecule has 1 aliphatic heterocycles. The number of hydrogen-bond donors (Lipinski definition) is 25. The van der Waals surface area contributed by atoms with E-state index >= 15 is 0 Å². The zero-order chi connectivity index (χ0) is 99.6. The molecule has 0 unspecified atom stereocenters. The van der Waals surface area contributed by atoms with E-state index in [4.69, 9.17) is 5.73 Å². The number of carboxylic acid groups (broad SMARTS) is 3. The highest BCUT2D eigenvalue weighted by Crippen LogP contribution is 2.25. The molecule has 47 heteroatoms. The number of likely N-dealkylation sites (tertiary alicyclic amines) is 1. The van der Waals surface area contributed by atoms with Gasteiger partial charge in [0.05, 0.1) is 56.3 Å². The Bertz CT molecular complexity index is 4490. The zero-order valence-electron chi connectivity index (χ0n) is 75.2. The third-order valence-corrected chi connectivity index (χ3v) is 22.2. The molecular formula is C86H125N17O29S. The van der Waals surface area contributed by atoms with Crippen LogP contribution in [0.5, 0.6) is 11.5 Å². The fourth-order valence-electron chi connectivity index (χ4n) is 13.4. The number of benzene rings is 3. The van der Waals surface area contributed by atoms with Crippen LogP contribution in [0, 0.1) is 23.7 Å². The van der Waals surface area contributed by atoms with E-state index in [-0.39, 0.29) is 72.9 Å². The summed E-state index contributed by atoms with van der Waals surface area (Å²) in [6.07, 6.45) is -6.47. The minimum atomic E-state index is -2.23. The number of nitrogens with one attached hydrogen (secondary N) is 15. The molecule has 0 aliphatic carbocycles. The summed E-state index contributed by atoms with van der Waals surface area (Å²) in [4.78, 5) is 271. The molecule has 26 N–H and O–H groups in total. The summed E-state index contributed by atoms with van der Waals surface area (Å²) in [5, 5.41) is 128. The van der Waals surface area contributed by atoms with Crippen LogP contribution in [0.25, 0.3) is 0 Å². The first-order valence-corrected chi connectivity index (χ1v) is 44.3. The number of aromatic hydroxyl groups is 2. The number of hydrogen-bond acceptors (Lipinski definition) is 28. The number of unbranched alkanes of at least 4 members (excludes halogenated alkanes) is 1. The van der Waals surface area contributed by atoms with E-state index in [0.717, 1.165) is 30.5 Å². The summed E-state index contributed by atoms with van der Waals surface area (Å²) < 4.78 is 0. The molecule has 1 aliphatic rings. The summed E-state index contributed by atoms with van der Waals surface area (Å²) in [5.74, 6) is -25.6. The van der Waals surface area contributed by atoms with Crippen molar-refractivity contribution in [2.75, 3.05) is 50.9 Å². The largest absolute Gasteiger partial charge is 0.508 e. The van der Waals surface area contributed by atoms with Gasteiger partial charge in [0.2, 0.25) is 100 Å². The number of imide groups is 1.